The molecule has 4 aliphatic rings. The molecule has 0 aliphatic heterocycles. The lowest BCUT2D eigenvalue weighted by molar-refractivity contribution is -0.270. The Hall–Kier alpha value is -0.970. The summed E-state index contributed by atoms with van der Waals surface area (Å²) in [6.45, 7) is 15.1. The number of hydrogen-bond acceptors (Lipinski definition) is 4. The van der Waals surface area contributed by atoms with Crippen molar-refractivity contribution < 1.29 is 20.1 Å². The molecule has 3 N–H and O–H groups in total. The molecule has 4 fully saturated rings. The summed E-state index contributed by atoms with van der Waals surface area (Å²) < 4.78 is 0. The van der Waals surface area contributed by atoms with Crippen LogP contribution in [-0.2, 0) is 4.79 Å². The van der Waals surface area contributed by atoms with Gasteiger partial charge in [0, 0.05) is 0 Å². The van der Waals surface area contributed by atoms with E-state index < -0.39 is 12.2 Å². The van der Waals surface area contributed by atoms with Gasteiger partial charge in [0.2, 0.25) is 0 Å². The molecule has 4 aliphatic carbocycles. The predicted octanol–water partition coefficient (Wildman–Crippen LogP) is 5.07. The van der Waals surface area contributed by atoms with Gasteiger partial charge in [0.15, 0.2) is 5.78 Å². The predicted molar refractivity (Wildman–Crippen MR) is 131 cm³/mol. The normalized spacial score (nSPS) is 51.7. The van der Waals surface area contributed by atoms with Gasteiger partial charge in [0.05, 0.1) is 18.3 Å². The fourth-order valence-corrected chi connectivity index (χ4v) is 9.90. The van der Waals surface area contributed by atoms with Crippen molar-refractivity contribution in [1.82, 2.24) is 0 Å². The minimum atomic E-state index is -0.442. The van der Waals surface area contributed by atoms with Crippen molar-refractivity contribution in [2.45, 2.75) is 105 Å². The highest BCUT2D eigenvalue weighted by Crippen LogP contribution is 2.75. The molecule has 0 amide bonds. The van der Waals surface area contributed by atoms with Gasteiger partial charge in [-0.2, -0.15) is 0 Å². The highest BCUT2D eigenvalue weighted by molar-refractivity contribution is 5.87. The number of hydrogen-bond donors (Lipinski definition) is 3. The van der Waals surface area contributed by atoms with Crippen LogP contribution < -0.4 is 0 Å². The average molecular weight is 459 g/mol. The zero-order valence-corrected chi connectivity index (χ0v) is 21.8. The second-order valence-electron chi connectivity index (χ2n) is 13.4. The number of carbonyl (C=O) groups excluding carboxylic acids is 1. The number of ketones is 1. The first kappa shape index (κ1) is 25.1. The van der Waals surface area contributed by atoms with E-state index in [1.807, 2.05) is 6.08 Å². The molecule has 10 unspecified atom stereocenters. The molecule has 0 heterocycles. The lowest BCUT2D eigenvalue weighted by Crippen LogP contribution is -2.69. The molecule has 0 spiro atoms. The number of allylic oxidation sites excluding steroid dienone is 4. The summed E-state index contributed by atoms with van der Waals surface area (Å²) in [5.74, 6) is 0.863. The molecule has 0 radical (unpaired) electrons. The van der Waals surface area contributed by atoms with E-state index in [1.165, 1.54) is 5.57 Å². The monoisotopic (exact) mass is 458 g/mol. The minimum Gasteiger partial charge on any atom is -0.393 e. The van der Waals surface area contributed by atoms with E-state index in [1.54, 1.807) is 13.0 Å². The summed E-state index contributed by atoms with van der Waals surface area (Å²) in [7, 11) is 0. The van der Waals surface area contributed by atoms with Gasteiger partial charge < -0.3 is 15.3 Å². The van der Waals surface area contributed by atoms with Gasteiger partial charge in [0.25, 0.3) is 0 Å². The largest absolute Gasteiger partial charge is 0.393 e. The van der Waals surface area contributed by atoms with Crippen LogP contribution in [0.15, 0.2) is 23.8 Å². The van der Waals surface area contributed by atoms with E-state index in [9.17, 15) is 20.1 Å². The Balaban J connectivity index is 1.73. The maximum absolute atomic E-state index is 11.7. The van der Waals surface area contributed by atoms with E-state index in [4.69, 9.17) is 0 Å². The van der Waals surface area contributed by atoms with Crippen molar-refractivity contribution in [2.24, 2.45) is 45.3 Å². The van der Waals surface area contributed by atoms with Crippen molar-refractivity contribution in [3.63, 3.8) is 0 Å². The minimum absolute atomic E-state index is 0.0368. The van der Waals surface area contributed by atoms with Gasteiger partial charge in [0.1, 0.15) is 0 Å². The second-order valence-corrected chi connectivity index (χ2v) is 13.4. The molecule has 0 saturated heterocycles. The highest BCUT2D eigenvalue weighted by Gasteiger charge is 2.72. The van der Waals surface area contributed by atoms with Gasteiger partial charge in [-0.25, -0.2) is 0 Å². The summed E-state index contributed by atoms with van der Waals surface area (Å²) in [6, 6.07) is 0. The molecule has 33 heavy (non-hydrogen) atoms. The molecule has 4 nitrogen and oxygen atoms in total. The van der Waals surface area contributed by atoms with Crippen LogP contribution in [0.4, 0.5) is 0 Å². The number of fused-ring (bicyclic) bond motifs is 5. The van der Waals surface area contributed by atoms with Gasteiger partial charge in [-0.3, -0.25) is 4.79 Å². The first-order valence-electron chi connectivity index (χ1n) is 13.1. The smallest absolute Gasteiger partial charge is 0.152 e. The third-order valence-corrected chi connectivity index (χ3v) is 11.5. The van der Waals surface area contributed by atoms with Crippen LogP contribution in [0.1, 0.15) is 87.0 Å². The zero-order chi connectivity index (χ0) is 24.6. The molecule has 10 atom stereocenters. The number of carbonyl (C=O) groups is 1. The van der Waals surface area contributed by atoms with Crippen molar-refractivity contribution >= 4 is 5.78 Å². The lowest BCUT2D eigenvalue weighted by Gasteiger charge is -2.71. The fraction of sp³-hybridized carbons (Fsp3) is 0.828. The quantitative estimate of drug-likeness (QED) is 0.408. The molecule has 0 aromatic rings. The van der Waals surface area contributed by atoms with Gasteiger partial charge in [-0.15, -0.1) is 0 Å². The van der Waals surface area contributed by atoms with E-state index >= 15 is 0 Å². The third kappa shape index (κ3) is 3.45. The van der Waals surface area contributed by atoms with Crippen LogP contribution >= 0.6 is 0 Å². The Kier molecular flexibility index (Phi) is 6.12. The van der Waals surface area contributed by atoms with Crippen LogP contribution in [0.5, 0.6) is 0 Å². The second kappa shape index (κ2) is 8.03. The van der Waals surface area contributed by atoms with Crippen LogP contribution in [0.3, 0.4) is 0 Å². The Labute approximate surface area is 200 Å². The highest BCUT2D eigenvalue weighted by atomic mass is 16.3. The van der Waals surface area contributed by atoms with Crippen LogP contribution in [0.25, 0.3) is 0 Å². The maximum atomic E-state index is 11.7. The van der Waals surface area contributed by atoms with Gasteiger partial charge in [-0.05, 0) is 104 Å². The van der Waals surface area contributed by atoms with Gasteiger partial charge in [-0.1, -0.05) is 52.3 Å². The SMILES string of the molecule is CC(=O)C=CC=C(C)C1CCC2(C)C1C(O)CC1C3(C)CCC(O)C(C)(C)C3C(O)CC12C. The van der Waals surface area contributed by atoms with Crippen LogP contribution in [-0.4, -0.2) is 39.4 Å². The van der Waals surface area contributed by atoms with E-state index in [-0.39, 0.29) is 45.4 Å². The molecule has 0 bridgehead atoms. The van der Waals surface area contributed by atoms with E-state index in [0.29, 0.717) is 11.8 Å². The van der Waals surface area contributed by atoms with E-state index in [2.05, 4.69) is 47.6 Å². The van der Waals surface area contributed by atoms with E-state index in [0.717, 1.165) is 38.5 Å². The molecular formula is C29H46O4. The lowest BCUT2D eigenvalue weighted by atomic mass is 9.34. The standard InChI is InChI=1S/C29H46O4/c1-17(9-8-10-18(2)30)19-11-14-28(6)24(19)20(31)15-22-27(5)13-12-23(33)26(3,4)25(27)21(32)16-29(22,28)7/h8-10,19-25,31-33H,11-16H2,1-7H3. The molecule has 4 rings (SSSR count). The third-order valence-electron chi connectivity index (χ3n) is 11.5. The Morgan fingerprint density at radius 1 is 0.909 bits per heavy atom. The molecular weight excluding hydrogens is 412 g/mol. The van der Waals surface area contributed by atoms with Crippen LogP contribution in [0, 0.1) is 45.3 Å². The fourth-order valence-electron chi connectivity index (χ4n) is 9.90. The zero-order valence-electron chi connectivity index (χ0n) is 21.8. The summed E-state index contributed by atoms with van der Waals surface area (Å²) in [6.07, 6.45) is 9.57. The number of aliphatic hydroxyl groups is 3. The van der Waals surface area contributed by atoms with Crippen molar-refractivity contribution in [3.05, 3.63) is 23.8 Å². The number of aliphatic hydroxyl groups excluding tert-OH is 3. The molecule has 4 heteroatoms. The first-order valence-corrected chi connectivity index (χ1v) is 13.1. The average Bonchev–Trinajstić information content (AvgIpc) is 3.07. The summed E-state index contributed by atoms with van der Waals surface area (Å²) in [4.78, 5) is 11.3. The summed E-state index contributed by atoms with van der Waals surface area (Å²) >= 11 is 0. The topological polar surface area (TPSA) is 77.8 Å². The Morgan fingerprint density at radius 3 is 2.21 bits per heavy atom. The molecule has 0 aromatic carbocycles. The van der Waals surface area contributed by atoms with Crippen LogP contribution in [0.2, 0.25) is 0 Å². The van der Waals surface area contributed by atoms with Crippen molar-refractivity contribution in [1.29, 1.82) is 0 Å². The van der Waals surface area contributed by atoms with Crippen molar-refractivity contribution in [2.75, 3.05) is 0 Å². The molecule has 4 saturated carbocycles. The number of rotatable bonds is 3. The summed E-state index contributed by atoms with van der Waals surface area (Å²) in [5, 5.41) is 34.1. The molecule has 186 valence electrons. The Morgan fingerprint density at radius 2 is 1.58 bits per heavy atom. The Bertz CT molecular complexity index is 858. The summed E-state index contributed by atoms with van der Waals surface area (Å²) in [5.41, 5.74) is 0.678. The first-order chi connectivity index (χ1) is 15.2. The van der Waals surface area contributed by atoms with Gasteiger partial charge >= 0.3 is 0 Å². The van der Waals surface area contributed by atoms with Crippen molar-refractivity contribution in [3.8, 4) is 0 Å². The molecule has 0 aromatic heterocycles. The maximum Gasteiger partial charge on any atom is 0.152 e.